The molecule has 20 heteroatoms. The molecule has 1 atom stereocenters. The maximum absolute atomic E-state index is 12.6. The number of aryl methyl sites for hydroxylation is 4. The summed E-state index contributed by atoms with van der Waals surface area (Å²) >= 11 is 0.556. The molecule has 5 N–H and O–H groups in total. The lowest BCUT2D eigenvalue weighted by atomic mass is 9.92. The van der Waals surface area contributed by atoms with Crippen LogP contribution in [0.25, 0.3) is 38.5 Å². The van der Waals surface area contributed by atoms with Gasteiger partial charge in [0.05, 0.1) is 16.9 Å². The zero-order valence-corrected chi connectivity index (χ0v) is 35.7. The van der Waals surface area contributed by atoms with E-state index in [1.54, 1.807) is 32.9 Å². The molecular weight excluding hydrogens is 849 g/mol. The van der Waals surface area contributed by atoms with Crippen molar-refractivity contribution in [3.05, 3.63) is 82.2 Å². The van der Waals surface area contributed by atoms with Gasteiger partial charge in [0.2, 0.25) is 0 Å². The molecule has 4 aromatic carbocycles. The van der Waals surface area contributed by atoms with Crippen molar-refractivity contribution in [3.8, 4) is 0 Å². The van der Waals surface area contributed by atoms with E-state index in [1.165, 1.54) is 12.1 Å². The number of aliphatic carboxylic acids is 1. The highest BCUT2D eigenvalue weighted by molar-refractivity contribution is 7.94. The molecule has 1 unspecified atom stereocenters. The Bertz CT molecular complexity index is 2950. The molecule has 0 saturated carbocycles. The fourth-order valence-corrected chi connectivity index (χ4v) is 11.0. The Hall–Kier alpha value is -4.35. The highest BCUT2D eigenvalue weighted by Crippen LogP contribution is 2.50. The molecule has 5 aromatic rings. The number of aromatic nitrogens is 1. The predicted molar refractivity (Wildman–Crippen MR) is 222 cm³/mol. The van der Waals surface area contributed by atoms with E-state index >= 15 is 0 Å². The van der Waals surface area contributed by atoms with Crippen LogP contribution in [0.15, 0.2) is 73.8 Å². The molecule has 0 bridgehead atoms. The maximum Gasteiger partial charge on any atom is 0.303 e. The minimum atomic E-state index is -4.96. The first-order valence-corrected chi connectivity index (χ1v) is 23.3. The van der Waals surface area contributed by atoms with Gasteiger partial charge in [-0.15, -0.1) is 4.33 Å². The first kappa shape index (κ1) is 44.2. The average molecular weight is 891 g/mol. The number of rotatable bonds is 15. The van der Waals surface area contributed by atoms with Crippen molar-refractivity contribution in [2.24, 2.45) is 0 Å². The van der Waals surface area contributed by atoms with Crippen LogP contribution in [0.2, 0.25) is 0 Å². The quantitative estimate of drug-likeness (QED) is 0.0218. The average Bonchev–Trinajstić information content (AvgIpc) is 3.56. The third-order valence-corrected chi connectivity index (χ3v) is 13.8. The molecule has 0 fully saturated rings. The van der Waals surface area contributed by atoms with E-state index in [-0.39, 0.29) is 32.9 Å². The van der Waals surface area contributed by atoms with Crippen LogP contribution in [-0.2, 0) is 51.1 Å². The Kier molecular flexibility index (Phi) is 12.4. The van der Waals surface area contributed by atoms with Crippen molar-refractivity contribution < 1.29 is 63.4 Å². The molecule has 0 saturated heterocycles. The summed E-state index contributed by atoms with van der Waals surface area (Å²) in [7, 11) is -14.6. The summed E-state index contributed by atoms with van der Waals surface area (Å²) in [6.07, 6.45) is 7.18. The Labute approximate surface area is 345 Å². The molecule has 316 valence electrons. The lowest BCUT2D eigenvalue weighted by Gasteiger charge is -2.21. The number of carbonyl (C=O) groups is 1. The first-order chi connectivity index (χ1) is 27.6. The number of allylic oxidation sites excluding steroid dienone is 3. The number of carboxylic acid groups (broad SMARTS) is 1. The summed E-state index contributed by atoms with van der Waals surface area (Å²) in [5.74, 6) is -1.22. The summed E-state index contributed by atoms with van der Waals surface area (Å²) in [6.45, 7) is 10.00. The fourth-order valence-electron chi connectivity index (χ4n) is 8.31. The van der Waals surface area contributed by atoms with Gasteiger partial charge < -0.3 is 14.6 Å². The third kappa shape index (κ3) is 8.51. The molecule has 2 heterocycles. The van der Waals surface area contributed by atoms with Crippen LogP contribution in [-0.4, -0.2) is 66.4 Å². The summed E-state index contributed by atoms with van der Waals surface area (Å²) in [5, 5.41) is 23.2. The van der Waals surface area contributed by atoms with Gasteiger partial charge in [0.1, 0.15) is 9.79 Å². The summed E-state index contributed by atoms with van der Waals surface area (Å²) < 4.78 is 112. The summed E-state index contributed by atoms with van der Waals surface area (Å²) in [5.41, 5.74) is 5.36. The number of fused-ring (bicyclic) bond motifs is 6. The smallest absolute Gasteiger partial charge is 0.303 e. The zero-order chi connectivity index (χ0) is 43.4. The Morgan fingerprint density at radius 2 is 1.47 bits per heavy atom. The van der Waals surface area contributed by atoms with Gasteiger partial charge in [-0.3, -0.25) is 18.5 Å². The van der Waals surface area contributed by atoms with Crippen LogP contribution >= 0.6 is 12.0 Å². The van der Waals surface area contributed by atoms with Crippen molar-refractivity contribution >= 4 is 92.6 Å². The molecule has 1 aliphatic rings. The lowest BCUT2D eigenvalue weighted by molar-refractivity contribution is -0.432. The highest BCUT2D eigenvalue weighted by atomic mass is 32.2. The molecule has 0 amide bonds. The number of likely N-dealkylation sites (N-methyl/N-ethyl adjacent to an activating group) is 1. The van der Waals surface area contributed by atoms with E-state index in [1.807, 2.05) is 42.7 Å². The second kappa shape index (κ2) is 16.6. The van der Waals surface area contributed by atoms with Gasteiger partial charge in [-0.25, -0.2) is 5.26 Å². The molecule has 0 radical (unpaired) electrons. The van der Waals surface area contributed by atoms with Crippen molar-refractivity contribution in [2.75, 3.05) is 11.4 Å². The Morgan fingerprint density at radius 3 is 2.08 bits per heavy atom. The molecule has 1 aromatic heterocycles. The van der Waals surface area contributed by atoms with Crippen molar-refractivity contribution in [2.45, 2.75) is 92.3 Å². The minimum Gasteiger partial charge on any atom is -0.481 e. The molecule has 6 rings (SSSR count). The van der Waals surface area contributed by atoms with E-state index in [2.05, 4.69) is 14.3 Å². The minimum absolute atomic E-state index is 0.00219. The Balaban J connectivity index is 1.55. The Morgan fingerprint density at radius 1 is 0.831 bits per heavy atom. The summed E-state index contributed by atoms with van der Waals surface area (Å²) in [4.78, 5) is 11.8. The van der Waals surface area contributed by atoms with E-state index in [0.717, 1.165) is 23.0 Å². The second-order valence-electron chi connectivity index (χ2n) is 14.3. The van der Waals surface area contributed by atoms with Crippen LogP contribution in [0, 0.1) is 20.8 Å². The van der Waals surface area contributed by atoms with Gasteiger partial charge in [-0.2, -0.15) is 25.3 Å². The van der Waals surface area contributed by atoms with Gasteiger partial charge in [0.15, 0.2) is 0 Å². The van der Waals surface area contributed by atoms with E-state index in [0.29, 0.717) is 88.5 Å². The van der Waals surface area contributed by atoms with E-state index < -0.39 is 46.1 Å². The maximum atomic E-state index is 12.6. The van der Waals surface area contributed by atoms with Gasteiger partial charge in [-0.05, 0) is 122 Å². The number of benzene rings is 4. The van der Waals surface area contributed by atoms with Crippen LogP contribution in [0.5, 0.6) is 0 Å². The van der Waals surface area contributed by atoms with Crippen molar-refractivity contribution in [1.82, 2.24) is 4.57 Å². The SMILES string of the molecule is CCN1/C(=C\C=C\c2c(C)c3c4cc(S(=O)(=O)O)cc(S(=O)(=O)O)c4c(C)cc3n2CCCCCC(=O)O)C(C)c2c1cc(C)c1c(S(=O)(=O)O)cc(SOOO)cc21. The fraction of sp³-hybridized carbons (Fsp3) is 0.308. The molecule has 0 spiro atoms. The van der Waals surface area contributed by atoms with Gasteiger partial charge in [0.25, 0.3) is 30.4 Å². The predicted octanol–water partition coefficient (Wildman–Crippen LogP) is 8.23. The number of hydrogen-bond acceptors (Lipinski definition) is 12. The summed E-state index contributed by atoms with van der Waals surface area (Å²) in [6, 6.07) is 8.42. The van der Waals surface area contributed by atoms with Crippen LogP contribution in [0.1, 0.15) is 73.4 Å². The highest BCUT2D eigenvalue weighted by Gasteiger charge is 2.34. The molecule has 59 heavy (non-hydrogen) atoms. The molecule has 0 aliphatic carbocycles. The van der Waals surface area contributed by atoms with Crippen molar-refractivity contribution in [1.29, 1.82) is 0 Å². The molecular formula is C39H42N2O14S4. The second-order valence-corrected chi connectivity index (χ2v) is 19.3. The topological polar surface area (TPSA) is 247 Å². The normalized spacial score (nSPS) is 15.8. The number of carboxylic acids is 1. The molecule has 16 nitrogen and oxygen atoms in total. The lowest BCUT2D eigenvalue weighted by Crippen LogP contribution is -2.18. The number of anilines is 1. The monoisotopic (exact) mass is 890 g/mol. The van der Waals surface area contributed by atoms with Crippen LogP contribution < -0.4 is 4.90 Å². The third-order valence-electron chi connectivity index (χ3n) is 10.7. The number of hydrogen-bond donors (Lipinski definition) is 5. The standard InChI is InChI=1S/C39H42N2O14S4/c1-6-40-29(23(4)38-27-17-25(56-55-54-44)18-33(58(48,49)50)36(27)21(2)15-31(38)40)11-10-12-30-24(5)39-28-19-26(57(45,46)47)20-34(59(51,52)53)37(28)22(3)16-32(39)41(30)14-9-7-8-13-35(42)43/h10-12,15-20,23,44H,6-9,13-14H2,1-5H3,(H,42,43)(H,45,46,47)(H,48,49,50)(H,51,52,53)/b12-10+,29-11-. The van der Waals surface area contributed by atoms with Crippen LogP contribution in [0.4, 0.5) is 5.69 Å². The van der Waals surface area contributed by atoms with Crippen LogP contribution in [0.3, 0.4) is 0 Å². The van der Waals surface area contributed by atoms with Gasteiger partial charge >= 0.3 is 5.97 Å². The molecule has 1 aliphatic heterocycles. The van der Waals surface area contributed by atoms with Gasteiger partial charge in [-0.1, -0.05) is 24.5 Å². The van der Waals surface area contributed by atoms with E-state index in [4.69, 9.17) is 10.4 Å². The first-order valence-electron chi connectivity index (χ1n) is 18.3. The van der Waals surface area contributed by atoms with Gasteiger partial charge in [0, 0.05) is 69.1 Å². The van der Waals surface area contributed by atoms with E-state index in [9.17, 15) is 43.7 Å². The zero-order valence-electron chi connectivity index (χ0n) is 32.5. The number of unbranched alkanes of at least 4 members (excludes halogenated alkanes) is 2. The van der Waals surface area contributed by atoms with Crippen molar-refractivity contribution in [3.63, 3.8) is 0 Å². The number of nitrogens with zero attached hydrogens (tertiary/aromatic N) is 2. The largest absolute Gasteiger partial charge is 0.481 e.